The molecule has 1 amide bonds. The lowest BCUT2D eigenvalue weighted by atomic mass is 10.3. The molecule has 1 rings (SSSR count). The second-order valence-electron chi connectivity index (χ2n) is 2.76. The maximum absolute atomic E-state index is 12.4. The van der Waals surface area contributed by atoms with Crippen molar-refractivity contribution in [1.29, 1.82) is 0 Å². The van der Waals surface area contributed by atoms with Crippen LogP contribution in [0.5, 0.6) is 0 Å². The second-order valence-corrected chi connectivity index (χ2v) is 4.62. The van der Waals surface area contributed by atoms with Gasteiger partial charge in [0.05, 0.1) is 6.54 Å². The van der Waals surface area contributed by atoms with Gasteiger partial charge in [-0.05, 0) is 27.4 Å². The van der Waals surface area contributed by atoms with E-state index in [0.29, 0.717) is 6.92 Å². The van der Waals surface area contributed by atoms with Gasteiger partial charge in [0.25, 0.3) is 5.91 Å². The number of halogens is 3. The van der Waals surface area contributed by atoms with Crippen molar-refractivity contribution in [3.63, 3.8) is 0 Å². The molecule has 0 saturated heterocycles. The molecule has 1 heterocycles. The van der Waals surface area contributed by atoms with E-state index in [1.165, 1.54) is 11.3 Å². The molecule has 0 aliphatic rings. The van der Waals surface area contributed by atoms with Crippen molar-refractivity contribution in [3.05, 3.63) is 20.8 Å². The quantitative estimate of drug-likeness (QED) is 0.908. The highest BCUT2D eigenvalue weighted by Gasteiger charge is 2.31. The average molecular weight is 284 g/mol. The monoisotopic (exact) mass is 283 g/mol. The van der Waals surface area contributed by atoms with Gasteiger partial charge in [0.2, 0.25) is 0 Å². The molecule has 0 aromatic carbocycles. The molecule has 0 aliphatic heterocycles. The van der Waals surface area contributed by atoms with Gasteiger partial charge in [0.15, 0.2) is 0 Å². The molecule has 78 valence electrons. The Kier molecular flexibility index (Phi) is 3.60. The molecule has 2 nitrogen and oxygen atoms in total. The van der Waals surface area contributed by atoms with Crippen molar-refractivity contribution in [2.45, 2.75) is 19.4 Å². The zero-order chi connectivity index (χ0) is 10.8. The molecule has 14 heavy (non-hydrogen) atoms. The molecule has 1 aromatic rings. The van der Waals surface area contributed by atoms with Gasteiger partial charge < -0.3 is 5.32 Å². The summed E-state index contributed by atoms with van der Waals surface area (Å²) in [6, 6.07) is 1.80. The van der Waals surface area contributed by atoms with E-state index in [0.717, 1.165) is 9.35 Å². The Labute approximate surface area is 92.4 Å². The van der Waals surface area contributed by atoms with Crippen molar-refractivity contribution >= 4 is 33.2 Å². The Morgan fingerprint density at radius 1 is 1.71 bits per heavy atom. The van der Waals surface area contributed by atoms with E-state index in [1.54, 1.807) is 6.07 Å². The number of amides is 1. The fraction of sp³-hybridized carbons (Fsp3) is 0.375. The van der Waals surface area contributed by atoms with Crippen LogP contribution in [0.25, 0.3) is 0 Å². The molecule has 6 heteroatoms. The van der Waals surface area contributed by atoms with Gasteiger partial charge in [-0.1, -0.05) is 0 Å². The van der Waals surface area contributed by atoms with Crippen LogP contribution < -0.4 is 5.32 Å². The van der Waals surface area contributed by atoms with E-state index < -0.39 is 11.8 Å². The number of thiophene rings is 1. The SMILES string of the molecule is CC(F)(F)C(=O)NCc1sccc1Br. The highest BCUT2D eigenvalue weighted by Crippen LogP contribution is 2.22. The summed E-state index contributed by atoms with van der Waals surface area (Å²) < 4.78 is 25.7. The molecule has 0 aliphatic carbocycles. The Morgan fingerprint density at radius 2 is 2.36 bits per heavy atom. The Balaban J connectivity index is 2.50. The van der Waals surface area contributed by atoms with Crippen LogP contribution in [0.1, 0.15) is 11.8 Å². The van der Waals surface area contributed by atoms with E-state index in [2.05, 4.69) is 21.2 Å². The lowest BCUT2D eigenvalue weighted by Crippen LogP contribution is -2.37. The largest absolute Gasteiger partial charge is 0.346 e. The van der Waals surface area contributed by atoms with Crippen molar-refractivity contribution in [2.24, 2.45) is 0 Å². The molecule has 0 saturated carbocycles. The molecule has 1 N–H and O–H groups in total. The number of alkyl halides is 2. The third-order valence-electron chi connectivity index (χ3n) is 1.50. The topological polar surface area (TPSA) is 29.1 Å². The van der Waals surface area contributed by atoms with Gasteiger partial charge >= 0.3 is 5.92 Å². The minimum absolute atomic E-state index is 0.126. The third kappa shape index (κ3) is 3.02. The average Bonchev–Trinajstić information content (AvgIpc) is 2.45. The number of nitrogens with one attached hydrogen (secondary N) is 1. The first-order valence-electron chi connectivity index (χ1n) is 3.79. The van der Waals surface area contributed by atoms with Gasteiger partial charge in [-0.3, -0.25) is 4.79 Å². The highest BCUT2D eigenvalue weighted by molar-refractivity contribution is 9.10. The van der Waals surface area contributed by atoms with E-state index >= 15 is 0 Å². The molecular formula is C8H8BrF2NOS. The minimum Gasteiger partial charge on any atom is -0.346 e. The third-order valence-corrected chi connectivity index (χ3v) is 3.43. The summed E-state index contributed by atoms with van der Waals surface area (Å²) in [7, 11) is 0. The van der Waals surface area contributed by atoms with Crippen LogP contribution in [0.15, 0.2) is 15.9 Å². The smallest absolute Gasteiger partial charge is 0.321 e. The number of hydrogen-bond donors (Lipinski definition) is 1. The van der Waals surface area contributed by atoms with Crippen LogP contribution in [-0.4, -0.2) is 11.8 Å². The minimum atomic E-state index is -3.32. The van der Waals surface area contributed by atoms with Crippen molar-refractivity contribution in [2.75, 3.05) is 0 Å². The lowest BCUT2D eigenvalue weighted by Gasteiger charge is -2.09. The molecule has 1 aromatic heterocycles. The number of rotatable bonds is 3. The molecule has 0 spiro atoms. The predicted octanol–water partition coefficient (Wildman–Crippen LogP) is 2.78. The standard InChI is InChI=1S/C8H8BrF2NOS/c1-8(10,11)7(13)12-4-6-5(9)2-3-14-6/h2-3H,4H2,1H3,(H,12,13). The second kappa shape index (κ2) is 4.35. The highest BCUT2D eigenvalue weighted by atomic mass is 79.9. The summed E-state index contributed by atoms with van der Waals surface area (Å²) in [5, 5.41) is 3.97. The summed E-state index contributed by atoms with van der Waals surface area (Å²) in [4.78, 5) is 11.6. The number of carbonyl (C=O) groups is 1. The summed E-state index contributed by atoms with van der Waals surface area (Å²) in [5.41, 5.74) is 0. The zero-order valence-corrected chi connectivity index (χ0v) is 9.71. The lowest BCUT2D eigenvalue weighted by molar-refractivity contribution is -0.143. The molecule has 0 atom stereocenters. The summed E-state index contributed by atoms with van der Waals surface area (Å²) in [6.45, 7) is 0.701. The fourth-order valence-corrected chi connectivity index (χ4v) is 2.20. The summed E-state index contributed by atoms with van der Waals surface area (Å²) in [6.07, 6.45) is 0. The Hall–Kier alpha value is -0.490. The molecule has 0 unspecified atom stereocenters. The van der Waals surface area contributed by atoms with Crippen LogP contribution >= 0.6 is 27.3 Å². The first-order chi connectivity index (χ1) is 6.41. The van der Waals surface area contributed by atoms with Crippen molar-refractivity contribution < 1.29 is 13.6 Å². The maximum atomic E-state index is 12.4. The summed E-state index contributed by atoms with van der Waals surface area (Å²) >= 11 is 4.63. The van der Waals surface area contributed by atoms with E-state index in [4.69, 9.17) is 0 Å². The maximum Gasteiger partial charge on any atom is 0.321 e. The number of carbonyl (C=O) groups excluding carboxylic acids is 1. The van der Waals surface area contributed by atoms with Crippen LogP contribution in [-0.2, 0) is 11.3 Å². The first kappa shape index (κ1) is 11.6. The van der Waals surface area contributed by atoms with Gasteiger partial charge in [-0.25, -0.2) is 0 Å². The van der Waals surface area contributed by atoms with E-state index in [-0.39, 0.29) is 6.54 Å². The molecular weight excluding hydrogens is 276 g/mol. The van der Waals surface area contributed by atoms with Gasteiger partial charge in [-0.2, -0.15) is 8.78 Å². The van der Waals surface area contributed by atoms with E-state index in [1.807, 2.05) is 5.38 Å². The van der Waals surface area contributed by atoms with E-state index in [9.17, 15) is 13.6 Å². The van der Waals surface area contributed by atoms with Gasteiger partial charge in [0.1, 0.15) is 0 Å². The molecule has 0 fully saturated rings. The Bertz CT molecular complexity index is 334. The van der Waals surface area contributed by atoms with Crippen LogP contribution in [0.4, 0.5) is 8.78 Å². The first-order valence-corrected chi connectivity index (χ1v) is 5.46. The molecule has 0 radical (unpaired) electrons. The summed E-state index contributed by atoms with van der Waals surface area (Å²) in [5.74, 6) is -4.57. The Morgan fingerprint density at radius 3 is 2.79 bits per heavy atom. The fourth-order valence-electron chi connectivity index (χ4n) is 0.767. The predicted molar refractivity (Wildman–Crippen MR) is 54.5 cm³/mol. The van der Waals surface area contributed by atoms with Crippen LogP contribution in [0.2, 0.25) is 0 Å². The van der Waals surface area contributed by atoms with Crippen molar-refractivity contribution in [1.82, 2.24) is 5.32 Å². The zero-order valence-electron chi connectivity index (χ0n) is 7.31. The van der Waals surface area contributed by atoms with Crippen LogP contribution in [0.3, 0.4) is 0 Å². The molecule has 0 bridgehead atoms. The van der Waals surface area contributed by atoms with Crippen LogP contribution in [0, 0.1) is 0 Å². The van der Waals surface area contributed by atoms with Gasteiger partial charge in [0, 0.05) is 16.3 Å². The van der Waals surface area contributed by atoms with Crippen molar-refractivity contribution in [3.8, 4) is 0 Å². The normalized spacial score (nSPS) is 11.4. The van der Waals surface area contributed by atoms with Gasteiger partial charge in [-0.15, -0.1) is 11.3 Å². The number of hydrogen-bond acceptors (Lipinski definition) is 2.